The topological polar surface area (TPSA) is 87.7 Å². The molecule has 0 heterocycles. The number of hydrogen-bond acceptors (Lipinski definition) is 4. The molecule has 0 aliphatic rings. The van der Waals surface area contributed by atoms with Crippen molar-refractivity contribution in [1.82, 2.24) is 10.9 Å². The number of hydrazine groups is 1. The molecular formula is C18H22N2O4. The van der Waals surface area contributed by atoms with Gasteiger partial charge in [0, 0.05) is 6.42 Å². The third-order valence-corrected chi connectivity index (χ3v) is 3.30. The largest absolute Gasteiger partial charge is 0.480 e. The number of fused-ring (bicyclic) bond motifs is 1. The van der Waals surface area contributed by atoms with Crippen LogP contribution < -0.4 is 10.9 Å². The van der Waals surface area contributed by atoms with Crippen molar-refractivity contribution in [2.75, 3.05) is 0 Å². The molecular weight excluding hydrogens is 308 g/mol. The first-order valence-corrected chi connectivity index (χ1v) is 7.69. The lowest BCUT2D eigenvalue weighted by atomic mass is 10.0. The summed E-state index contributed by atoms with van der Waals surface area (Å²) in [5, 5.41) is 11.5. The Balaban J connectivity index is 2.02. The smallest absolute Gasteiger partial charge is 0.422 e. The molecule has 1 amide bonds. The molecule has 0 aromatic heterocycles. The molecule has 2 rings (SSSR count). The quantitative estimate of drug-likeness (QED) is 0.734. The number of hydrogen-bond donors (Lipinski definition) is 3. The molecule has 1 atom stereocenters. The summed E-state index contributed by atoms with van der Waals surface area (Å²) in [6.07, 6.45) is -0.483. The highest BCUT2D eigenvalue weighted by Gasteiger charge is 2.21. The highest BCUT2D eigenvalue weighted by molar-refractivity contribution is 5.83. The van der Waals surface area contributed by atoms with E-state index in [0.717, 1.165) is 16.3 Å². The van der Waals surface area contributed by atoms with Gasteiger partial charge in [-0.25, -0.2) is 10.2 Å². The second kappa shape index (κ2) is 7.31. The minimum atomic E-state index is -1.06. The average Bonchev–Trinajstić information content (AvgIpc) is 2.49. The number of nitrogens with one attached hydrogen (secondary N) is 2. The lowest BCUT2D eigenvalue weighted by Crippen LogP contribution is -2.50. The van der Waals surface area contributed by atoms with Gasteiger partial charge >= 0.3 is 12.1 Å². The zero-order valence-electron chi connectivity index (χ0n) is 14.0. The van der Waals surface area contributed by atoms with Gasteiger partial charge in [0.15, 0.2) is 0 Å². The number of carbonyl (C=O) groups is 2. The van der Waals surface area contributed by atoms with E-state index in [1.807, 2.05) is 42.5 Å². The zero-order valence-corrected chi connectivity index (χ0v) is 14.0. The van der Waals surface area contributed by atoms with Gasteiger partial charge in [0.1, 0.15) is 11.6 Å². The van der Waals surface area contributed by atoms with E-state index in [1.54, 1.807) is 20.8 Å². The third kappa shape index (κ3) is 5.24. The monoisotopic (exact) mass is 330 g/mol. The summed E-state index contributed by atoms with van der Waals surface area (Å²) in [6, 6.07) is 12.7. The summed E-state index contributed by atoms with van der Waals surface area (Å²) in [5.74, 6) is -1.06. The molecule has 0 fully saturated rings. The maximum absolute atomic E-state index is 11.6. The van der Waals surface area contributed by atoms with E-state index in [4.69, 9.17) is 4.74 Å². The first-order chi connectivity index (χ1) is 11.2. The molecule has 0 aliphatic carbocycles. The number of carboxylic acid groups (broad SMARTS) is 1. The van der Waals surface area contributed by atoms with Crippen LogP contribution in [0.2, 0.25) is 0 Å². The van der Waals surface area contributed by atoms with Crippen molar-refractivity contribution in [3.8, 4) is 0 Å². The molecule has 0 spiro atoms. The maximum atomic E-state index is 11.6. The summed E-state index contributed by atoms with van der Waals surface area (Å²) in [6.45, 7) is 5.20. The number of benzene rings is 2. The molecule has 128 valence electrons. The van der Waals surface area contributed by atoms with Crippen LogP contribution in [0.15, 0.2) is 42.5 Å². The Hall–Kier alpha value is -2.60. The molecule has 3 N–H and O–H groups in total. The molecule has 6 nitrogen and oxygen atoms in total. The predicted molar refractivity (Wildman–Crippen MR) is 91.6 cm³/mol. The van der Waals surface area contributed by atoms with Crippen molar-refractivity contribution >= 4 is 22.8 Å². The van der Waals surface area contributed by atoms with Gasteiger partial charge in [0.25, 0.3) is 0 Å². The van der Waals surface area contributed by atoms with Crippen LogP contribution in [0.25, 0.3) is 10.8 Å². The Morgan fingerprint density at radius 2 is 1.79 bits per heavy atom. The molecule has 0 bridgehead atoms. The molecule has 0 radical (unpaired) electrons. The second-order valence-corrected chi connectivity index (χ2v) is 6.55. The zero-order chi connectivity index (χ0) is 17.7. The minimum absolute atomic E-state index is 0.232. The Morgan fingerprint density at radius 1 is 1.12 bits per heavy atom. The van der Waals surface area contributed by atoms with Crippen LogP contribution >= 0.6 is 0 Å². The number of carboxylic acids is 1. The summed E-state index contributed by atoms with van der Waals surface area (Å²) in [7, 11) is 0. The average molecular weight is 330 g/mol. The van der Waals surface area contributed by atoms with Crippen LogP contribution in [0, 0.1) is 0 Å². The van der Waals surface area contributed by atoms with Crippen molar-refractivity contribution in [3.63, 3.8) is 0 Å². The van der Waals surface area contributed by atoms with E-state index in [0.29, 0.717) is 0 Å². The van der Waals surface area contributed by atoms with Crippen LogP contribution in [0.5, 0.6) is 0 Å². The van der Waals surface area contributed by atoms with E-state index in [9.17, 15) is 14.7 Å². The van der Waals surface area contributed by atoms with Gasteiger partial charge in [-0.05, 0) is 37.1 Å². The maximum Gasteiger partial charge on any atom is 0.422 e. The summed E-state index contributed by atoms with van der Waals surface area (Å²) >= 11 is 0. The van der Waals surface area contributed by atoms with Crippen LogP contribution in [0.1, 0.15) is 26.3 Å². The number of ether oxygens (including phenoxy) is 1. The SMILES string of the molecule is CC(C)(C)OC(=O)NN[C@H](Cc1ccc2ccccc2c1)C(=O)O. The molecule has 0 saturated carbocycles. The first kappa shape index (κ1) is 17.7. The van der Waals surface area contributed by atoms with E-state index in [-0.39, 0.29) is 6.42 Å². The summed E-state index contributed by atoms with van der Waals surface area (Å²) in [4.78, 5) is 23.0. The molecule has 24 heavy (non-hydrogen) atoms. The minimum Gasteiger partial charge on any atom is -0.480 e. The van der Waals surface area contributed by atoms with E-state index in [2.05, 4.69) is 10.9 Å². The molecule has 0 unspecified atom stereocenters. The fraction of sp³-hybridized carbons (Fsp3) is 0.333. The van der Waals surface area contributed by atoms with Gasteiger partial charge in [-0.1, -0.05) is 42.5 Å². The summed E-state index contributed by atoms with van der Waals surface area (Å²) < 4.78 is 5.07. The molecule has 2 aromatic carbocycles. The number of carbonyl (C=O) groups excluding carboxylic acids is 1. The highest BCUT2D eigenvalue weighted by atomic mass is 16.6. The normalized spacial score (nSPS) is 12.6. The fourth-order valence-electron chi connectivity index (χ4n) is 2.25. The van der Waals surface area contributed by atoms with Crippen LogP contribution in [-0.4, -0.2) is 28.8 Å². The Kier molecular flexibility index (Phi) is 5.41. The Bertz CT molecular complexity index is 737. The van der Waals surface area contributed by atoms with Crippen molar-refractivity contribution in [1.29, 1.82) is 0 Å². The molecule has 6 heteroatoms. The lowest BCUT2D eigenvalue weighted by molar-refractivity contribution is -0.139. The van der Waals surface area contributed by atoms with Crippen LogP contribution in [0.3, 0.4) is 0 Å². The van der Waals surface area contributed by atoms with E-state index in [1.165, 1.54) is 0 Å². The van der Waals surface area contributed by atoms with Gasteiger partial charge < -0.3 is 9.84 Å². The second-order valence-electron chi connectivity index (χ2n) is 6.55. The van der Waals surface area contributed by atoms with Crippen molar-refractivity contribution in [3.05, 3.63) is 48.0 Å². The van der Waals surface area contributed by atoms with Crippen molar-refractivity contribution < 1.29 is 19.4 Å². The van der Waals surface area contributed by atoms with Gasteiger partial charge in [0.2, 0.25) is 0 Å². The van der Waals surface area contributed by atoms with Gasteiger partial charge in [-0.2, -0.15) is 0 Å². The first-order valence-electron chi connectivity index (χ1n) is 7.69. The van der Waals surface area contributed by atoms with Gasteiger partial charge in [0.05, 0.1) is 0 Å². The third-order valence-electron chi connectivity index (χ3n) is 3.30. The van der Waals surface area contributed by atoms with E-state index >= 15 is 0 Å². The van der Waals surface area contributed by atoms with Gasteiger partial charge in [-0.3, -0.25) is 10.2 Å². The van der Waals surface area contributed by atoms with Crippen LogP contribution in [0.4, 0.5) is 4.79 Å². The van der Waals surface area contributed by atoms with Gasteiger partial charge in [-0.15, -0.1) is 0 Å². The Morgan fingerprint density at radius 3 is 2.42 bits per heavy atom. The fourth-order valence-corrected chi connectivity index (χ4v) is 2.25. The predicted octanol–water partition coefficient (Wildman–Crippen LogP) is 2.86. The van der Waals surface area contributed by atoms with Crippen LogP contribution in [-0.2, 0) is 16.0 Å². The number of rotatable bonds is 5. The van der Waals surface area contributed by atoms with Crippen molar-refractivity contribution in [2.24, 2.45) is 0 Å². The standard InChI is InChI=1S/C18H22N2O4/c1-18(2,3)24-17(23)20-19-15(16(21)22)11-12-8-9-13-6-4-5-7-14(13)10-12/h4-10,15,19H,11H2,1-3H3,(H,20,23)(H,21,22)/t15-/m1/s1. The number of amides is 1. The van der Waals surface area contributed by atoms with Crippen molar-refractivity contribution in [2.45, 2.75) is 38.8 Å². The Labute approximate surface area is 140 Å². The molecule has 2 aromatic rings. The van der Waals surface area contributed by atoms with E-state index < -0.39 is 23.7 Å². The molecule has 0 saturated heterocycles. The number of aliphatic carboxylic acids is 1. The highest BCUT2D eigenvalue weighted by Crippen LogP contribution is 2.16. The lowest BCUT2D eigenvalue weighted by Gasteiger charge is -2.21. The molecule has 0 aliphatic heterocycles. The summed E-state index contributed by atoms with van der Waals surface area (Å²) in [5.41, 5.74) is 5.01.